The van der Waals surface area contributed by atoms with Crippen molar-refractivity contribution in [1.29, 1.82) is 0 Å². The average molecular weight is 336 g/mol. The highest BCUT2D eigenvalue weighted by Crippen LogP contribution is 2.21. The molecule has 6 heteroatoms. The summed E-state index contributed by atoms with van der Waals surface area (Å²) in [5.74, 6) is 0. The molecule has 0 aliphatic heterocycles. The standard InChI is InChI=1S/C14H14BrN3O2/c1-10-2-3-16-8-12(10)9-17-7-11-4-13(15)6-14(5-11)18(19)20/h2-6,8,17H,7,9H2,1H3. The number of nitrogens with zero attached hydrogens (tertiary/aromatic N) is 2. The molecule has 0 radical (unpaired) electrons. The second-order valence-corrected chi connectivity index (χ2v) is 5.40. The fourth-order valence-electron chi connectivity index (χ4n) is 1.86. The molecule has 0 fully saturated rings. The smallest absolute Gasteiger partial charge is 0.270 e. The lowest BCUT2D eigenvalue weighted by molar-refractivity contribution is -0.385. The van der Waals surface area contributed by atoms with Gasteiger partial charge >= 0.3 is 0 Å². The Kier molecular flexibility index (Phi) is 4.81. The summed E-state index contributed by atoms with van der Waals surface area (Å²) in [5.41, 5.74) is 3.26. The lowest BCUT2D eigenvalue weighted by Gasteiger charge is -2.07. The van der Waals surface area contributed by atoms with Crippen LogP contribution in [0.4, 0.5) is 5.69 Å². The van der Waals surface area contributed by atoms with Crippen LogP contribution >= 0.6 is 15.9 Å². The van der Waals surface area contributed by atoms with Gasteiger partial charge in [0.25, 0.3) is 5.69 Å². The van der Waals surface area contributed by atoms with E-state index >= 15 is 0 Å². The highest BCUT2D eigenvalue weighted by atomic mass is 79.9. The number of hydrogen-bond acceptors (Lipinski definition) is 4. The van der Waals surface area contributed by atoms with E-state index in [-0.39, 0.29) is 10.6 Å². The van der Waals surface area contributed by atoms with E-state index in [0.717, 1.165) is 11.1 Å². The second kappa shape index (κ2) is 6.58. The van der Waals surface area contributed by atoms with Crippen molar-refractivity contribution in [3.05, 3.63) is 67.9 Å². The number of hydrogen-bond donors (Lipinski definition) is 1. The van der Waals surface area contributed by atoms with Gasteiger partial charge in [-0.3, -0.25) is 15.1 Å². The molecule has 0 aliphatic carbocycles. The van der Waals surface area contributed by atoms with E-state index in [1.807, 2.05) is 25.3 Å². The molecule has 0 bridgehead atoms. The van der Waals surface area contributed by atoms with Gasteiger partial charge < -0.3 is 5.32 Å². The monoisotopic (exact) mass is 335 g/mol. The summed E-state index contributed by atoms with van der Waals surface area (Å²) < 4.78 is 0.709. The van der Waals surface area contributed by atoms with Crippen LogP contribution in [0.25, 0.3) is 0 Å². The van der Waals surface area contributed by atoms with Gasteiger partial charge in [0.15, 0.2) is 0 Å². The molecule has 0 saturated carbocycles. The van der Waals surface area contributed by atoms with E-state index in [1.54, 1.807) is 12.3 Å². The van der Waals surface area contributed by atoms with Crippen LogP contribution in [0.2, 0.25) is 0 Å². The number of halogens is 1. The Bertz CT molecular complexity index is 632. The van der Waals surface area contributed by atoms with Gasteiger partial charge in [0, 0.05) is 42.1 Å². The van der Waals surface area contributed by atoms with Crippen molar-refractivity contribution in [2.75, 3.05) is 0 Å². The van der Waals surface area contributed by atoms with Crippen LogP contribution < -0.4 is 5.32 Å². The summed E-state index contributed by atoms with van der Waals surface area (Å²) in [7, 11) is 0. The molecule has 1 N–H and O–H groups in total. The van der Waals surface area contributed by atoms with Crippen LogP contribution in [0, 0.1) is 17.0 Å². The zero-order valence-electron chi connectivity index (χ0n) is 11.0. The first-order valence-electron chi connectivity index (χ1n) is 6.10. The molecular formula is C14H14BrN3O2. The van der Waals surface area contributed by atoms with Crippen LogP contribution in [-0.2, 0) is 13.1 Å². The molecule has 20 heavy (non-hydrogen) atoms. The molecule has 0 atom stereocenters. The molecule has 1 aromatic heterocycles. The van der Waals surface area contributed by atoms with Gasteiger partial charge in [0.05, 0.1) is 4.92 Å². The van der Waals surface area contributed by atoms with Crippen LogP contribution in [0.1, 0.15) is 16.7 Å². The van der Waals surface area contributed by atoms with Gasteiger partial charge in [-0.05, 0) is 35.7 Å². The van der Waals surface area contributed by atoms with Crippen LogP contribution in [-0.4, -0.2) is 9.91 Å². The van der Waals surface area contributed by atoms with Crippen molar-refractivity contribution in [3.63, 3.8) is 0 Å². The second-order valence-electron chi connectivity index (χ2n) is 4.48. The zero-order valence-corrected chi connectivity index (χ0v) is 12.6. The average Bonchev–Trinajstić information content (AvgIpc) is 2.40. The normalized spacial score (nSPS) is 10.5. The summed E-state index contributed by atoms with van der Waals surface area (Å²) in [6.07, 6.45) is 3.59. The first-order chi connectivity index (χ1) is 9.56. The van der Waals surface area contributed by atoms with Crippen LogP contribution in [0.5, 0.6) is 0 Å². The van der Waals surface area contributed by atoms with E-state index in [9.17, 15) is 10.1 Å². The zero-order chi connectivity index (χ0) is 14.5. The Balaban J connectivity index is 2.01. The predicted octanol–water partition coefficient (Wildman–Crippen LogP) is 3.35. The first kappa shape index (κ1) is 14.6. The SMILES string of the molecule is Cc1ccncc1CNCc1cc(Br)cc([N+](=O)[O-])c1. The number of aromatic nitrogens is 1. The van der Waals surface area contributed by atoms with Crippen molar-refractivity contribution in [2.24, 2.45) is 0 Å². The van der Waals surface area contributed by atoms with Crippen molar-refractivity contribution in [2.45, 2.75) is 20.0 Å². The van der Waals surface area contributed by atoms with E-state index < -0.39 is 0 Å². The molecule has 2 aromatic rings. The maximum atomic E-state index is 10.8. The molecule has 0 saturated heterocycles. The third kappa shape index (κ3) is 3.85. The van der Waals surface area contributed by atoms with Gasteiger partial charge in [-0.15, -0.1) is 0 Å². The highest BCUT2D eigenvalue weighted by Gasteiger charge is 2.08. The number of pyridine rings is 1. The molecule has 0 unspecified atom stereocenters. The van der Waals surface area contributed by atoms with Gasteiger partial charge in [0.1, 0.15) is 0 Å². The van der Waals surface area contributed by atoms with Crippen LogP contribution in [0.3, 0.4) is 0 Å². The molecule has 2 rings (SSSR count). The number of aryl methyl sites for hydroxylation is 1. The minimum atomic E-state index is -0.389. The van der Waals surface area contributed by atoms with Crippen molar-refractivity contribution >= 4 is 21.6 Å². The summed E-state index contributed by atoms with van der Waals surface area (Å²) >= 11 is 3.29. The molecule has 104 valence electrons. The summed E-state index contributed by atoms with van der Waals surface area (Å²) in [5, 5.41) is 14.1. The number of nitro groups is 1. The molecule has 0 amide bonds. The minimum Gasteiger partial charge on any atom is -0.309 e. The summed E-state index contributed by atoms with van der Waals surface area (Å²) in [4.78, 5) is 14.5. The maximum Gasteiger partial charge on any atom is 0.270 e. The Hall–Kier alpha value is -1.79. The Morgan fingerprint density at radius 3 is 2.85 bits per heavy atom. The fraction of sp³-hybridized carbons (Fsp3) is 0.214. The van der Waals surface area contributed by atoms with Gasteiger partial charge in [-0.1, -0.05) is 15.9 Å². The fourth-order valence-corrected chi connectivity index (χ4v) is 2.39. The maximum absolute atomic E-state index is 10.8. The number of rotatable bonds is 5. The van der Waals surface area contributed by atoms with Gasteiger partial charge in [-0.25, -0.2) is 0 Å². The summed E-state index contributed by atoms with van der Waals surface area (Å²) in [6, 6.07) is 6.90. The van der Waals surface area contributed by atoms with Gasteiger partial charge in [-0.2, -0.15) is 0 Å². The Morgan fingerprint density at radius 1 is 1.35 bits per heavy atom. The Labute approximate surface area is 125 Å². The van der Waals surface area contributed by atoms with Crippen molar-refractivity contribution in [1.82, 2.24) is 10.3 Å². The topological polar surface area (TPSA) is 68.1 Å². The van der Waals surface area contributed by atoms with Crippen LogP contribution in [0.15, 0.2) is 41.1 Å². The predicted molar refractivity (Wildman–Crippen MR) is 80.3 cm³/mol. The highest BCUT2D eigenvalue weighted by molar-refractivity contribution is 9.10. The lowest BCUT2D eigenvalue weighted by atomic mass is 10.1. The number of non-ortho nitro benzene ring substituents is 1. The third-order valence-corrected chi connectivity index (χ3v) is 3.40. The van der Waals surface area contributed by atoms with Crippen molar-refractivity contribution < 1.29 is 4.92 Å². The molecular weight excluding hydrogens is 322 g/mol. The largest absolute Gasteiger partial charge is 0.309 e. The molecule has 5 nitrogen and oxygen atoms in total. The van der Waals surface area contributed by atoms with E-state index in [4.69, 9.17) is 0 Å². The first-order valence-corrected chi connectivity index (χ1v) is 6.89. The number of nitro benzene ring substituents is 1. The molecule has 1 aromatic carbocycles. The van der Waals surface area contributed by atoms with E-state index in [1.165, 1.54) is 11.6 Å². The van der Waals surface area contributed by atoms with Gasteiger partial charge in [0.2, 0.25) is 0 Å². The number of nitrogens with one attached hydrogen (secondary N) is 1. The number of benzene rings is 1. The molecule has 0 aliphatic rings. The van der Waals surface area contributed by atoms with Crippen molar-refractivity contribution in [3.8, 4) is 0 Å². The Morgan fingerprint density at radius 2 is 2.15 bits per heavy atom. The quantitative estimate of drug-likeness (QED) is 0.672. The minimum absolute atomic E-state index is 0.0914. The third-order valence-electron chi connectivity index (χ3n) is 2.95. The van der Waals surface area contributed by atoms with E-state index in [2.05, 4.69) is 26.2 Å². The van der Waals surface area contributed by atoms with E-state index in [0.29, 0.717) is 17.6 Å². The summed E-state index contributed by atoms with van der Waals surface area (Å²) in [6.45, 7) is 3.28. The lowest BCUT2D eigenvalue weighted by Crippen LogP contribution is -2.13. The molecule has 0 spiro atoms. The molecule has 1 heterocycles.